The molecule has 0 spiro atoms. The molecule has 0 saturated carbocycles. The van der Waals surface area contributed by atoms with E-state index in [1.165, 1.54) is 0 Å². The normalized spacial score (nSPS) is 15.2. The highest BCUT2D eigenvalue weighted by Crippen LogP contribution is 2.29. The predicted molar refractivity (Wildman–Crippen MR) is 130 cm³/mol. The van der Waals surface area contributed by atoms with Crippen molar-refractivity contribution >= 4 is 27.4 Å². The Kier molecular flexibility index (Phi) is 6.79. The van der Waals surface area contributed by atoms with Crippen LogP contribution in [0.3, 0.4) is 0 Å². The second-order valence-electron chi connectivity index (χ2n) is 7.89. The first-order valence-electron chi connectivity index (χ1n) is 10.8. The van der Waals surface area contributed by atoms with E-state index in [0.29, 0.717) is 43.4 Å². The molecule has 2 heterocycles. The number of aromatic nitrogens is 2. The van der Waals surface area contributed by atoms with E-state index in [1.807, 2.05) is 61.5 Å². The number of benzene rings is 2. The van der Waals surface area contributed by atoms with Crippen molar-refractivity contribution in [1.29, 1.82) is 0 Å². The minimum Gasteiger partial charge on any atom is -0.354 e. The molecule has 0 atom stereocenters. The Bertz CT molecular complexity index is 1180. The zero-order valence-electron chi connectivity index (χ0n) is 18.3. The molecular formula is C24H27ClN4O2S. The Balaban J connectivity index is 1.70. The fourth-order valence-corrected chi connectivity index (χ4v) is 5.14. The lowest BCUT2D eigenvalue weighted by Gasteiger charge is -2.35. The van der Waals surface area contributed by atoms with Crippen LogP contribution < -0.4 is 4.90 Å². The van der Waals surface area contributed by atoms with Gasteiger partial charge in [-0.25, -0.2) is 18.4 Å². The minimum atomic E-state index is -3.19. The molecule has 3 aromatic rings. The maximum Gasteiger partial charge on any atom is 0.213 e. The number of sulfonamides is 1. The average molecular weight is 471 g/mol. The molecule has 0 radical (unpaired) electrons. The molecule has 1 fully saturated rings. The van der Waals surface area contributed by atoms with Crippen molar-refractivity contribution in [3.05, 3.63) is 76.4 Å². The van der Waals surface area contributed by atoms with Crippen molar-refractivity contribution < 1.29 is 8.42 Å². The van der Waals surface area contributed by atoms with Gasteiger partial charge in [0.25, 0.3) is 0 Å². The van der Waals surface area contributed by atoms with Gasteiger partial charge in [0.15, 0.2) is 5.82 Å². The van der Waals surface area contributed by atoms with Gasteiger partial charge in [0.2, 0.25) is 10.0 Å². The lowest BCUT2D eigenvalue weighted by Crippen LogP contribution is -2.49. The summed E-state index contributed by atoms with van der Waals surface area (Å²) in [5, 5.41) is 0.703. The quantitative estimate of drug-likeness (QED) is 0.541. The van der Waals surface area contributed by atoms with Gasteiger partial charge < -0.3 is 4.90 Å². The van der Waals surface area contributed by atoms with Gasteiger partial charge in [0.1, 0.15) is 5.82 Å². The van der Waals surface area contributed by atoms with Gasteiger partial charge in [-0.2, -0.15) is 4.31 Å². The smallest absolute Gasteiger partial charge is 0.213 e. The molecular weight excluding hydrogens is 444 g/mol. The summed E-state index contributed by atoms with van der Waals surface area (Å²) in [6.45, 7) is 5.81. The van der Waals surface area contributed by atoms with Gasteiger partial charge in [-0.15, -0.1) is 0 Å². The average Bonchev–Trinajstić information content (AvgIpc) is 2.82. The fourth-order valence-electron chi connectivity index (χ4n) is 3.93. The van der Waals surface area contributed by atoms with Crippen molar-refractivity contribution in [2.45, 2.75) is 20.3 Å². The molecule has 6 nitrogen and oxygen atoms in total. The molecule has 0 bridgehead atoms. The third kappa shape index (κ3) is 4.95. The second kappa shape index (κ2) is 9.57. The first-order chi connectivity index (χ1) is 15.4. The number of hydrogen-bond donors (Lipinski definition) is 0. The van der Waals surface area contributed by atoms with Crippen LogP contribution in [-0.2, 0) is 16.4 Å². The first-order valence-corrected chi connectivity index (χ1v) is 12.8. The summed E-state index contributed by atoms with van der Waals surface area (Å²) in [6, 6.07) is 17.7. The van der Waals surface area contributed by atoms with Crippen LogP contribution in [0.25, 0.3) is 11.4 Å². The molecule has 2 aromatic carbocycles. The molecule has 168 valence electrons. The number of halogens is 1. The molecule has 8 heteroatoms. The number of piperazine rings is 1. The van der Waals surface area contributed by atoms with E-state index in [4.69, 9.17) is 21.6 Å². The molecule has 0 amide bonds. The fraction of sp³-hybridized carbons (Fsp3) is 0.333. The Morgan fingerprint density at radius 3 is 2.22 bits per heavy atom. The molecule has 1 aliphatic heterocycles. The van der Waals surface area contributed by atoms with Crippen molar-refractivity contribution in [2.75, 3.05) is 36.8 Å². The summed E-state index contributed by atoms with van der Waals surface area (Å²) in [5.74, 6) is 1.68. The summed E-state index contributed by atoms with van der Waals surface area (Å²) < 4.78 is 26.2. The topological polar surface area (TPSA) is 66.4 Å². The highest BCUT2D eigenvalue weighted by Gasteiger charge is 2.28. The summed E-state index contributed by atoms with van der Waals surface area (Å²) in [7, 11) is -3.19. The molecule has 0 aliphatic carbocycles. The van der Waals surface area contributed by atoms with Crippen LogP contribution in [0.2, 0.25) is 5.02 Å². The van der Waals surface area contributed by atoms with Crippen LogP contribution in [0.15, 0.2) is 54.6 Å². The van der Waals surface area contributed by atoms with Gasteiger partial charge in [0.05, 0.1) is 5.75 Å². The lowest BCUT2D eigenvalue weighted by molar-refractivity contribution is 0.384. The van der Waals surface area contributed by atoms with Crippen molar-refractivity contribution in [3.8, 4) is 11.4 Å². The molecule has 1 aliphatic rings. The van der Waals surface area contributed by atoms with Gasteiger partial charge >= 0.3 is 0 Å². The van der Waals surface area contributed by atoms with Crippen LogP contribution in [0, 0.1) is 6.92 Å². The molecule has 32 heavy (non-hydrogen) atoms. The molecule has 4 rings (SSSR count). The Hall–Kier alpha value is -2.48. The predicted octanol–water partition coefficient (Wildman–Crippen LogP) is 4.17. The number of aryl methyl sites for hydroxylation is 1. The van der Waals surface area contributed by atoms with Gasteiger partial charge in [0, 0.05) is 54.4 Å². The second-order valence-corrected chi connectivity index (χ2v) is 10.6. The van der Waals surface area contributed by atoms with E-state index in [1.54, 1.807) is 11.2 Å². The Morgan fingerprint density at radius 1 is 0.938 bits per heavy atom. The lowest BCUT2D eigenvalue weighted by atomic mass is 10.0. The Morgan fingerprint density at radius 2 is 1.59 bits per heavy atom. The zero-order valence-corrected chi connectivity index (χ0v) is 19.9. The molecule has 1 saturated heterocycles. The SMILES string of the molecule is CCS(=O)(=O)N1CCN(c2nc(-c3ccccc3)nc(C)c2Cc2ccc(Cl)cc2)CC1. The van der Waals surface area contributed by atoms with Gasteiger partial charge in [-0.3, -0.25) is 0 Å². The number of hydrogen-bond acceptors (Lipinski definition) is 5. The van der Waals surface area contributed by atoms with Gasteiger partial charge in [-0.1, -0.05) is 54.1 Å². The maximum absolute atomic E-state index is 12.3. The monoisotopic (exact) mass is 470 g/mol. The third-order valence-electron chi connectivity index (χ3n) is 5.81. The molecule has 0 N–H and O–H groups in total. The highest BCUT2D eigenvalue weighted by atomic mass is 35.5. The minimum absolute atomic E-state index is 0.125. The summed E-state index contributed by atoms with van der Waals surface area (Å²) in [6.07, 6.45) is 0.681. The van der Waals surface area contributed by atoms with E-state index in [2.05, 4.69) is 4.90 Å². The largest absolute Gasteiger partial charge is 0.354 e. The first kappa shape index (κ1) is 22.7. The summed E-state index contributed by atoms with van der Waals surface area (Å²) >= 11 is 6.06. The van der Waals surface area contributed by atoms with Crippen molar-refractivity contribution in [1.82, 2.24) is 14.3 Å². The summed E-state index contributed by atoms with van der Waals surface area (Å²) in [4.78, 5) is 12.0. The van der Waals surface area contributed by atoms with Crippen molar-refractivity contribution in [3.63, 3.8) is 0 Å². The molecule has 1 aromatic heterocycles. The van der Waals surface area contributed by atoms with E-state index in [-0.39, 0.29) is 5.75 Å². The van der Waals surface area contributed by atoms with Crippen molar-refractivity contribution in [2.24, 2.45) is 0 Å². The van der Waals surface area contributed by atoms with E-state index >= 15 is 0 Å². The zero-order chi connectivity index (χ0) is 22.7. The van der Waals surface area contributed by atoms with Crippen LogP contribution in [0.4, 0.5) is 5.82 Å². The van der Waals surface area contributed by atoms with Gasteiger partial charge in [-0.05, 0) is 31.5 Å². The Labute approximate surface area is 194 Å². The maximum atomic E-state index is 12.3. The number of rotatable bonds is 6. The van der Waals surface area contributed by atoms with E-state index in [9.17, 15) is 8.42 Å². The van der Waals surface area contributed by atoms with Crippen LogP contribution in [-0.4, -0.2) is 54.6 Å². The highest BCUT2D eigenvalue weighted by molar-refractivity contribution is 7.89. The van der Waals surface area contributed by atoms with Crippen LogP contribution >= 0.6 is 11.6 Å². The van der Waals surface area contributed by atoms with E-state index in [0.717, 1.165) is 28.2 Å². The third-order valence-corrected chi connectivity index (χ3v) is 7.95. The van der Waals surface area contributed by atoms with Crippen LogP contribution in [0.1, 0.15) is 23.7 Å². The number of nitrogens with zero attached hydrogens (tertiary/aromatic N) is 4. The van der Waals surface area contributed by atoms with Crippen LogP contribution in [0.5, 0.6) is 0 Å². The standard InChI is InChI=1S/C24H27ClN4O2S/c1-3-32(30,31)29-15-13-28(14-16-29)24-22(17-19-9-11-21(25)12-10-19)18(2)26-23(27-24)20-7-5-4-6-8-20/h4-12H,3,13-17H2,1-2H3. The summed E-state index contributed by atoms with van der Waals surface area (Å²) in [5.41, 5.74) is 4.07. The molecule has 0 unspecified atom stereocenters. The van der Waals surface area contributed by atoms with E-state index < -0.39 is 10.0 Å². The number of anilines is 1.